The highest BCUT2D eigenvalue weighted by atomic mass is 32.2. The van der Waals surface area contributed by atoms with Crippen LogP contribution in [0.5, 0.6) is 0 Å². The molecule has 0 bridgehead atoms. The fourth-order valence-corrected chi connectivity index (χ4v) is 6.16. The maximum Gasteiger partial charge on any atom is 0.354 e. The predicted octanol–water partition coefficient (Wildman–Crippen LogP) is 4.65. The second-order valence-corrected chi connectivity index (χ2v) is 10.5. The van der Waals surface area contributed by atoms with E-state index < -0.39 is 15.9 Å². The van der Waals surface area contributed by atoms with Crippen molar-refractivity contribution < 1.29 is 9.00 Å². The van der Waals surface area contributed by atoms with E-state index in [2.05, 4.69) is 20.7 Å². The van der Waals surface area contributed by atoms with Gasteiger partial charge in [0.2, 0.25) is 0 Å². The summed E-state index contributed by atoms with van der Waals surface area (Å²) in [5, 5.41) is 8.92. The highest BCUT2D eigenvalue weighted by Gasteiger charge is 2.25. The van der Waals surface area contributed by atoms with Gasteiger partial charge in [-0.2, -0.15) is 0 Å². The molecule has 3 aliphatic carbocycles. The predicted molar refractivity (Wildman–Crippen MR) is 118 cm³/mol. The van der Waals surface area contributed by atoms with Gasteiger partial charge in [0.05, 0.1) is 4.90 Å². The number of hydrogen-bond donors (Lipinski definition) is 2. The standard InChI is InChI=1S/C23H28N4O2S/c24-30(29,18-11-12-21(25-14-18)15-5-1-2-6-15)27-23(28)26-22-19-9-3-7-16(19)13-17-8-4-10-20(17)22/h11-15H,1-10H2,(H3,24,26,27,28,29). The Morgan fingerprint density at radius 3 is 2.30 bits per heavy atom. The number of fused-ring (bicyclic) bond motifs is 2. The first kappa shape index (κ1) is 19.7. The van der Waals surface area contributed by atoms with Crippen LogP contribution in [-0.2, 0) is 35.6 Å². The van der Waals surface area contributed by atoms with Gasteiger partial charge in [0.1, 0.15) is 9.92 Å². The number of anilines is 1. The summed E-state index contributed by atoms with van der Waals surface area (Å²) < 4.78 is 16.9. The number of nitrogens with two attached hydrogens (primary N) is 1. The molecule has 1 unspecified atom stereocenters. The monoisotopic (exact) mass is 424 g/mol. The van der Waals surface area contributed by atoms with E-state index in [1.807, 2.05) is 6.07 Å². The van der Waals surface area contributed by atoms with Crippen LogP contribution < -0.4 is 10.5 Å². The first-order valence-electron chi connectivity index (χ1n) is 11.0. The van der Waals surface area contributed by atoms with Gasteiger partial charge in [-0.05, 0) is 85.8 Å². The van der Waals surface area contributed by atoms with Crippen LogP contribution in [0, 0.1) is 0 Å². The van der Waals surface area contributed by atoms with E-state index in [9.17, 15) is 9.00 Å². The largest absolute Gasteiger partial charge is 0.354 e. The summed E-state index contributed by atoms with van der Waals surface area (Å²) in [4.78, 5) is 17.5. The van der Waals surface area contributed by atoms with Crippen LogP contribution in [0.3, 0.4) is 0 Å². The van der Waals surface area contributed by atoms with Crippen molar-refractivity contribution in [1.29, 1.82) is 0 Å². The van der Waals surface area contributed by atoms with Crippen LogP contribution in [0.15, 0.2) is 33.7 Å². The molecule has 0 aliphatic heterocycles. The maximum atomic E-state index is 13.0. The SMILES string of the molecule is NS(=O)(=NC(=O)Nc1c2c(cc3c1CCC3)CCC2)c1ccc(C2CCCC2)nc1. The summed E-state index contributed by atoms with van der Waals surface area (Å²) in [5.74, 6) is 0.468. The van der Waals surface area contributed by atoms with E-state index in [4.69, 9.17) is 5.14 Å². The minimum absolute atomic E-state index is 0.294. The molecule has 158 valence electrons. The molecule has 6 nitrogen and oxygen atoms in total. The molecule has 1 fully saturated rings. The summed E-state index contributed by atoms with van der Waals surface area (Å²) in [6.07, 6.45) is 12.5. The van der Waals surface area contributed by atoms with Gasteiger partial charge >= 0.3 is 6.03 Å². The molecule has 0 radical (unpaired) electrons. The van der Waals surface area contributed by atoms with Gasteiger partial charge in [-0.15, -0.1) is 4.36 Å². The average Bonchev–Trinajstić information content (AvgIpc) is 3.48. The number of rotatable bonds is 3. The van der Waals surface area contributed by atoms with Crippen molar-refractivity contribution in [3.05, 3.63) is 52.3 Å². The van der Waals surface area contributed by atoms with E-state index >= 15 is 0 Å². The first-order chi connectivity index (χ1) is 14.5. The molecule has 30 heavy (non-hydrogen) atoms. The Kier molecular flexibility index (Phi) is 5.11. The Hall–Kier alpha value is -2.25. The van der Waals surface area contributed by atoms with Gasteiger partial charge < -0.3 is 5.32 Å². The molecule has 1 aromatic carbocycles. The second kappa shape index (κ2) is 7.78. The van der Waals surface area contributed by atoms with Crippen LogP contribution in [0.25, 0.3) is 0 Å². The highest BCUT2D eigenvalue weighted by molar-refractivity contribution is 7.91. The lowest BCUT2D eigenvalue weighted by molar-refractivity contribution is 0.260. The van der Waals surface area contributed by atoms with Crippen LogP contribution >= 0.6 is 0 Å². The van der Waals surface area contributed by atoms with Gasteiger partial charge in [0, 0.05) is 23.5 Å². The van der Waals surface area contributed by atoms with Crippen molar-refractivity contribution >= 4 is 21.6 Å². The zero-order chi connectivity index (χ0) is 20.7. The molecule has 0 spiro atoms. The van der Waals surface area contributed by atoms with E-state index in [0.29, 0.717) is 10.8 Å². The number of urea groups is 1. The molecule has 3 aliphatic rings. The third-order valence-electron chi connectivity index (χ3n) is 6.79. The average molecular weight is 425 g/mol. The summed E-state index contributed by atoms with van der Waals surface area (Å²) in [5.41, 5.74) is 6.97. The Bertz CT molecular complexity index is 1080. The van der Waals surface area contributed by atoms with Gasteiger partial charge in [0.25, 0.3) is 0 Å². The number of hydrogen-bond acceptors (Lipinski definition) is 3. The van der Waals surface area contributed by atoms with E-state index in [1.54, 1.807) is 6.07 Å². The number of carbonyl (C=O) groups excluding carboxylic acids is 1. The Morgan fingerprint density at radius 1 is 1.03 bits per heavy atom. The highest BCUT2D eigenvalue weighted by Crippen LogP contribution is 2.38. The van der Waals surface area contributed by atoms with Gasteiger partial charge in [0.15, 0.2) is 0 Å². The van der Waals surface area contributed by atoms with Gasteiger partial charge in [-0.3, -0.25) is 4.98 Å². The second-order valence-electron chi connectivity index (χ2n) is 8.72. The van der Waals surface area contributed by atoms with Gasteiger partial charge in [-0.1, -0.05) is 18.9 Å². The number of nitrogens with zero attached hydrogens (tertiary/aromatic N) is 2. The number of aromatic nitrogens is 1. The van der Waals surface area contributed by atoms with Crippen molar-refractivity contribution in [3.8, 4) is 0 Å². The third kappa shape index (κ3) is 3.65. The topological polar surface area (TPSA) is 97.4 Å². The minimum Gasteiger partial charge on any atom is -0.305 e. The number of amides is 2. The molecule has 1 aromatic heterocycles. The normalized spacial score (nSPS) is 19.9. The molecule has 3 N–H and O–H groups in total. The molecule has 0 saturated heterocycles. The Morgan fingerprint density at radius 2 is 1.70 bits per heavy atom. The molecule has 1 heterocycles. The van der Waals surface area contributed by atoms with Crippen molar-refractivity contribution in [3.63, 3.8) is 0 Å². The summed E-state index contributed by atoms with van der Waals surface area (Å²) in [7, 11) is -3.35. The van der Waals surface area contributed by atoms with E-state index in [1.165, 1.54) is 41.3 Å². The smallest absolute Gasteiger partial charge is 0.305 e. The quantitative estimate of drug-likeness (QED) is 0.750. The zero-order valence-corrected chi connectivity index (χ0v) is 18.0. The van der Waals surface area contributed by atoms with Crippen LogP contribution in [0.2, 0.25) is 0 Å². The molecular formula is C23H28N4O2S. The molecule has 2 amide bonds. The summed E-state index contributed by atoms with van der Waals surface area (Å²) in [6.45, 7) is 0. The molecule has 5 rings (SSSR count). The lowest BCUT2D eigenvalue weighted by Crippen LogP contribution is -2.19. The molecule has 1 atom stereocenters. The van der Waals surface area contributed by atoms with E-state index in [0.717, 1.165) is 62.7 Å². The Labute approximate surface area is 178 Å². The fraction of sp³-hybridized carbons (Fsp3) is 0.478. The maximum absolute atomic E-state index is 13.0. The van der Waals surface area contributed by atoms with Crippen molar-refractivity contribution in [1.82, 2.24) is 4.98 Å². The number of carbonyl (C=O) groups is 1. The van der Waals surface area contributed by atoms with Crippen molar-refractivity contribution in [2.75, 3.05) is 5.32 Å². The molecule has 2 aromatic rings. The van der Waals surface area contributed by atoms with Crippen LogP contribution in [0.1, 0.15) is 72.4 Å². The number of aryl methyl sites for hydroxylation is 2. The van der Waals surface area contributed by atoms with Crippen molar-refractivity contribution in [2.45, 2.75) is 75.0 Å². The zero-order valence-electron chi connectivity index (χ0n) is 17.2. The van der Waals surface area contributed by atoms with Gasteiger partial charge in [-0.25, -0.2) is 14.1 Å². The third-order valence-corrected chi connectivity index (χ3v) is 8.15. The lowest BCUT2D eigenvalue weighted by atomic mass is 9.99. The van der Waals surface area contributed by atoms with Crippen LogP contribution in [0.4, 0.5) is 10.5 Å². The van der Waals surface area contributed by atoms with E-state index in [-0.39, 0.29) is 0 Å². The van der Waals surface area contributed by atoms with Crippen LogP contribution in [-0.4, -0.2) is 15.2 Å². The van der Waals surface area contributed by atoms with Crippen molar-refractivity contribution in [2.24, 2.45) is 9.50 Å². The lowest BCUT2D eigenvalue weighted by Gasteiger charge is -2.15. The molecule has 7 heteroatoms. The summed E-state index contributed by atoms with van der Waals surface area (Å²) in [6, 6.07) is 5.25. The Balaban J connectivity index is 1.40. The molecular weight excluding hydrogens is 396 g/mol. The molecule has 1 saturated carbocycles. The summed E-state index contributed by atoms with van der Waals surface area (Å²) >= 11 is 0. The minimum atomic E-state index is -3.35. The number of benzene rings is 1. The fourth-order valence-electron chi connectivity index (χ4n) is 5.30. The number of pyridine rings is 1. The number of nitrogens with one attached hydrogen (secondary N) is 1. The first-order valence-corrected chi connectivity index (χ1v) is 12.6.